The molecule has 4 nitrogen and oxygen atoms in total. The van der Waals surface area contributed by atoms with Gasteiger partial charge in [-0.05, 0) is 48.2 Å². The quantitative estimate of drug-likeness (QED) is 0.472. The summed E-state index contributed by atoms with van der Waals surface area (Å²) in [5, 5.41) is 2.14. The Kier molecular flexibility index (Phi) is 5.05. The van der Waals surface area contributed by atoms with Crippen LogP contribution < -0.4 is 0 Å². The van der Waals surface area contributed by atoms with Gasteiger partial charge in [-0.1, -0.05) is 60.3 Å². The van der Waals surface area contributed by atoms with Crippen LogP contribution in [0.15, 0.2) is 78.0 Å². The number of amides is 1. The van der Waals surface area contributed by atoms with E-state index in [0.717, 1.165) is 29.2 Å². The number of nitrogens with zero attached hydrogens (tertiary/aromatic N) is 2. The number of fused-ring (bicyclic) bond motifs is 3. The zero-order valence-electron chi connectivity index (χ0n) is 16.8. The molecule has 0 saturated carbocycles. The maximum Gasteiger partial charge on any atom is 0.233 e. The Labute approximate surface area is 180 Å². The predicted molar refractivity (Wildman–Crippen MR) is 122 cm³/mol. The van der Waals surface area contributed by atoms with E-state index in [1.807, 2.05) is 23.1 Å². The Hall–Kier alpha value is -3.05. The molecule has 0 fully saturated rings. The zero-order chi connectivity index (χ0) is 20.5. The fourth-order valence-corrected chi connectivity index (χ4v) is 5.12. The lowest BCUT2D eigenvalue weighted by atomic mass is 9.90. The van der Waals surface area contributed by atoms with Crippen LogP contribution in [0.5, 0.6) is 0 Å². The summed E-state index contributed by atoms with van der Waals surface area (Å²) in [7, 11) is 0. The molecule has 2 aromatic carbocycles. The first-order valence-corrected chi connectivity index (χ1v) is 11.2. The van der Waals surface area contributed by atoms with E-state index >= 15 is 0 Å². The second kappa shape index (κ2) is 8.00. The third-order valence-electron chi connectivity index (χ3n) is 5.82. The summed E-state index contributed by atoms with van der Waals surface area (Å²) in [6, 6.07) is 22.5. The van der Waals surface area contributed by atoms with Crippen molar-refractivity contribution in [3.05, 3.63) is 95.3 Å². The van der Waals surface area contributed by atoms with Crippen LogP contribution in [0.2, 0.25) is 0 Å². The number of carbonyl (C=O) groups is 1. The number of thioether (sulfide) groups is 1. The van der Waals surface area contributed by atoms with Crippen LogP contribution in [0.25, 0.3) is 10.9 Å². The minimum atomic E-state index is -0.0980. The molecule has 4 aromatic rings. The molecule has 5 rings (SSSR count). The Morgan fingerprint density at radius 3 is 2.73 bits per heavy atom. The Morgan fingerprint density at radius 1 is 1.10 bits per heavy atom. The molecule has 0 spiro atoms. The minimum Gasteiger partial charge on any atom is -0.356 e. The predicted octanol–water partition coefficient (Wildman–Crippen LogP) is 5.14. The lowest BCUT2D eigenvalue weighted by Gasteiger charge is -2.37. The number of aromatic nitrogens is 2. The van der Waals surface area contributed by atoms with Crippen LogP contribution in [-0.2, 0) is 11.2 Å². The van der Waals surface area contributed by atoms with E-state index < -0.39 is 0 Å². The van der Waals surface area contributed by atoms with E-state index in [2.05, 4.69) is 65.4 Å². The molecule has 1 unspecified atom stereocenters. The van der Waals surface area contributed by atoms with Gasteiger partial charge < -0.3 is 9.88 Å². The van der Waals surface area contributed by atoms with Crippen molar-refractivity contribution in [2.45, 2.75) is 24.4 Å². The number of aromatic amines is 1. The number of nitrogens with one attached hydrogen (secondary N) is 1. The van der Waals surface area contributed by atoms with Gasteiger partial charge in [-0.25, -0.2) is 4.98 Å². The molecular weight excluding hydrogens is 390 g/mol. The van der Waals surface area contributed by atoms with E-state index in [0.29, 0.717) is 5.75 Å². The fourth-order valence-electron chi connectivity index (χ4n) is 4.38. The second-order valence-corrected chi connectivity index (χ2v) is 8.61. The smallest absolute Gasteiger partial charge is 0.233 e. The number of pyridine rings is 1. The number of rotatable bonds is 4. The first-order chi connectivity index (χ1) is 14.7. The van der Waals surface area contributed by atoms with Crippen LogP contribution in [0.4, 0.5) is 0 Å². The Balaban J connectivity index is 1.53. The van der Waals surface area contributed by atoms with Crippen LogP contribution in [0.1, 0.15) is 28.4 Å². The summed E-state index contributed by atoms with van der Waals surface area (Å²) >= 11 is 1.50. The van der Waals surface area contributed by atoms with E-state index in [9.17, 15) is 4.79 Å². The molecular formula is C25H23N3OS. The number of carbonyl (C=O) groups excluding carboxylic acids is 1. The summed E-state index contributed by atoms with van der Waals surface area (Å²) in [5.41, 5.74) is 6.00. The van der Waals surface area contributed by atoms with Crippen molar-refractivity contribution >= 4 is 28.6 Å². The maximum atomic E-state index is 13.4. The summed E-state index contributed by atoms with van der Waals surface area (Å²) in [4.78, 5) is 23.4. The molecule has 1 N–H and O–H groups in total. The number of benzene rings is 2. The first kappa shape index (κ1) is 18.9. The van der Waals surface area contributed by atoms with E-state index in [4.69, 9.17) is 0 Å². The van der Waals surface area contributed by atoms with Crippen LogP contribution in [0, 0.1) is 6.92 Å². The van der Waals surface area contributed by atoms with Gasteiger partial charge in [0.05, 0.1) is 16.8 Å². The highest BCUT2D eigenvalue weighted by Gasteiger charge is 2.35. The molecule has 2 aromatic heterocycles. The molecule has 0 bridgehead atoms. The minimum absolute atomic E-state index is 0.0980. The van der Waals surface area contributed by atoms with Gasteiger partial charge in [0.2, 0.25) is 5.91 Å². The van der Waals surface area contributed by atoms with Gasteiger partial charge >= 0.3 is 0 Å². The highest BCUT2D eigenvalue weighted by Crippen LogP contribution is 2.39. The van der Waals surface area contributed by atoms with Gasteiger partial charge in [0.25, 0.3) is 0 Å². The van der Waals surface area contributed by atoms with Crippen LogP contribution >= 0.6 is 11.8 Å². The number of hydrogen-bond acceptors (Lipinski definition) is 3. The number of para-hydroxylation sites is 1. The lowest BCUT2D eigenvalue weighted by Crippen LogP contribution is -2.41. The average Bonchev–Trinajstić information content (AvgIpc) is 3.17. The largest absolute Gasteiger partial charge is 0.356 e. The fraction of sp³-hybridized carbons (Fsp3) is 0.200. The third-order valence-corrected chi connectivity index (χ3v) is 6.75. The number of hydrogen-bond donors (Lipinski definition) is 1. The molecule has 30 heavy (non-hydrogen) atoms. The van der Waals surface area contributed by atoms with Crippen molar-refractivity contribution in [3.63, 3.8) is 0 Å². The number of H-pyrrole nitrogens is 1. The first-order valence-electron chi connectivity index (χ1n) is 10.2. The van der Waals surface area contributed by atoms with Crippen molar-refractivity contribution in [3.8, 4) is 0 Å². The molecule has 3 heterocycles. The zero-order valence-corrected chi connectivity index (χ0v) is 17.7. The topological polar surface area (TPSA) is 49.0 Å². The molecule has 1 aliphatic rings. The van der Waals surface area contributed by atoms with Gasteiger partial charge in [-0.15, -0.1) is 0 Å². The van der Waals surface area contributed by atoms with Crippen molar-refractivity contribution in [1.82, 2.24) is 14.9 Å². The number of aryl methyl sites for hydroxylation is 1. The van der Waals surface area contributed by atoms with Gasteiger partial charge in [0.1, 0.15) is 0 Å². The molecule has 150 valence electrons. The summed E-state index contributed by atoms with van der Waals surface area (Å²) in [6.45, 7) is 2.84. The van der Waals surface area contributed by atoms with Gasteiger partial charge in [-0.2, -0.15) is 0 Å². The molecule has 5 heteroatoms. The summed E-state index contributed by atoms with van der Waals surface area (Å²) in [5.74, 6) is 0.526. The third kappa shape index (κ3) is 3.39. The van der Waals surface area contributed by atoms with Crippen molar-refractivity contribution in [2.75, 3.05) is 12.3 Å². The Morgan fingerprint density at radius 2 is 1.90 bits per heavy atom. The van der Waals surface area contributed by atoms with Crippen molar-refractivity contribution < 1.29 is 4.79 Å². The average molecular weight is 414 g/mol. The lowest BCUT2D eigenvalue weighted by molar-refractivity contribution is -0.130. The molecule has 1 amide bonds. The normalized spacial score (nSPS) is 15.9. The monoisotopic (exact) mass is 413 g/mol. The maximum absolute atomic E-state index is 13.4. The van der Waals surface area contributed by atoms with E-state index in [-0.39, 0.29) is 11.9 Å². The van der Waals surface area contributed by atoms with Crippen molar-refractivity contribution in [2.24, 2.45) is 0 Å². The van der Waals surface area contributed by atoms with E-state index in [1.165, 1.54) is 33.8 Å². The highest BCUT2D eigenvalue weighted by molar-refractivity contribution is 7.99. The summed E-state index contributed by atoms with van der Waals surface area (Å²) < 4.78 is 0. The molecule has 1 atom stereocenters. The van der Waals surface area contributed by atoms with Gasteiger partial charge in [-0.3, -0.25) is 4.79 Å². The molecule has 0 saturated heterocycles. The highest BCUT2D eigenvalue weighted by atomic mass is 32.2. The Bertz CT molecular complexity index is 1200. The van der Waals surface area contributed by atoms with E-state index in [1.54, 1.807) is 6.20 Å². The van der Waals surface area contributed by atoms with Crippen LogP contribution in [0.3, 0.4) is 0 Å². The van der Waals surface area contributed by atoms with Crippen molar-refractivity contribution in [1.29, 1.82) is 0 Å². The SMILES string of the molecule is Cc1ccccc1C1c2[nH]c3ccccc3c2CCN1C(=O)CSc1ccccn1. The molecule has 0 aliphatic carbocycles. The summed E-state index contributed by atoms with van der Waals surface area (Å²) in [6.07, 6.45) is 2.63. The standard InChI is InChI=1S/C25H23N3OS/c1-17-8-2-3-9-18(17)25-24-20(19-10-4-5-11-21(19)27-24)13-15-28(25)23(29)16-30-22-12-6-7-14-26-22/h2-12,14,25,27H,13,15-16H2,1H3. The molecule has 0 radical (unpaired) electrons. The van der Waals surface area contributed by atoms with Gasteiger partial charge in [0.15, 0.2) is 0 Å². The molecule has 1 aliphatic heterocycles. The van der Waals surface area contributed by atoms with Gasteiger partial charge in [0, 0.05) is 29.3 Å². The van der Waals surface area contributed by atoms with Crippen LogP contribution in [-0.4, -0.2) is 33.1 Å². The second-order valence-electron chi connectivity index (χ2n) is 7.62.